The summed E-state index contributed by atoms with van der Waals surface area (Å²) < 4.78 is 59.1. The number of hydrogen-bond donors (Lipinski definition) is 0. The Morgan fingerprint density at radius 3 is 1.80 bits per heavy atom. The second-order valence-corrected chi connectivity index (χ2v) is 19.5. The average Bonchev–Trinajstić information content (AvgIpc) is 3.24. The molecule has 2 fully saturated rings. The van der Waals surface area contributed by atoms with Crippen molar-refractivity contribution in [3.05, 3.63) is 58.7 Å². The highest BCUT2D eigenvalue weighted by Crippen LogP contribution is 2.58. The molecule has 2 aromatic carbocycles. The number of benzene rings is 2. The van der Waals surface area contributed by atoms with Crippen LogP contribution in [0.2, 0.25) is 0 Å². The predicted octanol–water partition coefficient (Wildman–Crippen LogP) is 9.39. The molecule has 0 N–H and O–H groups in total. The summed E-state index contributed by atoms with van der Waals surface area (Å²) in [5.74, 6) is -0.502. The van der Waals surface area contributed by atoms with Crippen LogP contribution in [-0.4, -0.2) is 32.4 Å². The topological polar surface area (TPSA) is 107 Å². The molecule has 0 radical (unpaired) electrons. The van der Waals surface area contributed by atoms with E-state index in [0.29, 0.717) is 11.3 Å². The van der Waals surface area contributed by atoms with Gasteiger partial charge in [-0.05, 0) is 57.8 Å². The van der Waals surface area contributed by atoms with Crippen molar-refractivity contribution in [3.63, 3.8) is 0 Å². The van der Waals surface area contributed by atoms with Crippen molar-refractivity contribution in [2.45, 2.75) is 98.8 Å². The van der Waals surface area contributed by atoms with Gasteiger partial charge in [0.05, 0.1) is 18.6 Å². The number of carbonyl (C=O) groups is 1. The van der Waals surface area contributed by atoms with E-state index in [1.54, 1.807) is 6.07 Å². The van der Waals surface area contributed by atoms with Gasteiger partial charge in [-0.3, -0.25) is 13.8 Å². The summed E-state index contributed by atoms with van der Waals surface area (Å²) >= 11 is 0. The molecule has 0 amide bonds. The Labute approximate surface area is 274 Å². The largest absolute Gasteiger partial charge is 0.697 e. The van der Waals surface area contributed by atoms with Gasteiger partial charge in [0.25, 0.3) is 0 Å². The van der Waals surface area contributed by atoms with Crippen LogP contribution in [0.1, 0.15) is 110 Å². The minimum Gasteiger partial charge on any atom is -0.425 e. The molecule has 1 atom stereocenters. The van der Waals surface area contributed by atoms with Gasteiger partial charge in [-0.2, -0.15) is 0 Å². The molecule has 9 nitrogen and oxygen atoms in total. The molecule has 252 valence electrons. The number of fused-ring (bicyclic) bond motifs is 1. The second-order valence-electron chi connectivity index (χ2n) is 17.0. The van der Waals surface area contributed by atoms with Crippen LogP contribution >= 0.6 is 16.1 Å². The Hall–Kier alpha value is -2.12. The highest BCUT2D eigenvalue weighted by Gasteiger charge is 2.52. The van der Waals surface area contributed by atoms with E-state index in [2.05, 4.69) is 75.3 Å². The zero-order valence-corrected chi connectivity index (χ0v) is 30.6. The van der Waals surface area contributed by atoms with Crippen molar-refractivity contribution in [1.82, 2.24) is 0 Å². The molecule has 3 heterocycles. The summed E-state index contributed by atoms with van der Waals surface area (Å²) in [5, 5.41) is 0. The van der Waals surface area contributed by atoms with Crippen molar-refractivity contribution in [3.8, 4) is 11.5 Å². The Bertz CT molecular complexity index is 1540. The highest BCUT2D eigenvalue weighted by molar-refractivity contribution is 7.49. The molecule has 5 rings (SSSR count). The summed E-state index contributed by atoms with van der Waals surface area (Å²) in [7, 11) is -6.29. The van der Waals surface area contributed by atoms with E-state index in [9.17, 15) is 13.9 Å². The summed E-state index contributed by atoms with van der Waals surface area (Å²) in [6.45, 7) is 22.2. The first kappa shape index (κ1) is 35.2. The first-order valence-electron chi connectivity index (χ1n) is 15.9. The monoisotopic (exact) mass is 675 g/mol. The molecule has 46 heavy (non-hydrogen) atoms. The van der Waals surface area contributed by atoms with E-state index in [1.165, 1.54) is 0 Å². The highest BCUT2D eigenvalue weighted by atomic mass is 31.2. The fraction of sp³-hybridized carbons (Fsp3) is 0.629. The van der Waals surface area contributed by atoms with Crippen LogP contribution in [0.5, 0.6) is 11.5 Å². The van der Waals surface area contributed by atoms with Crippen molar-refractivity contribution >= 4 is 22.0 Å². The first-order valence-corrected chi connectivity index (χ1v) is 18.5. The third-order valence-corrected chi connectivity index (χ3v) is 10.8. The molecule has 0 saturated carbocycles. The van der Waals surface area contributed by atoms with E-state index in [0.717, 1.165) is 29.5 Å². The standard InChI is InChI=1S/C35H49O9P2/c1-31(2,3)17-33(7,8)23-11-13-27-25(15-23)29(30(36)43-27)26-16-24(34(9,10)18-32(4,5)6)12-14-28(26)44-46(38)41-21-35(22-42-46)19-39-45(37)40-20-35/h11-16,29H,17-22H2,1-10H3/q+1. The lowest BCUT2D eigenvalue weighted by Crippen LogP contribution is -2.45. The lowest BCUT2D eigenvalue weighted by Gasteiger charge is -2.37. The van der Waals surface area contributed by atoms with Crippen molar-refractivity contribution in [1.29, 1.82) is 0 Å². The van der Waals surface area contributed by atoms with Crippen molar-refractivity contribution in [2.75, 3.05) is 26.4 Å². The fourth-order valence-electron chi connectivity index (χ4n) is 7.32. The molecule has 3 aliphatic rings. The van der Waals surface area contributed by atoms with Crippen LogP contribution in [0, 0.1) is 16.2 Å². The Morgan fingerprint density at radius 2 is 1.28 bits per heavy atom. The molecule has 1 spiro atoms. The minimum atomic E-state index is -4.10. The van der Waals surface area contributed by atoms with Gasteiger partial charge in [-0.15, -0.1) is 9.05 Å². The zero-order valence-electron chi connectivity index (χ0n) is 28.9. The van der Waals surface area contributed by atoms with Crippen LogP contribution in [0.4, 0.5) is 0 Å². The summed E-state index contributed by atoms with van der Waals surface area (Å²) in [6.07, 6.45) is 1.83. The number of phosphoric ester groups is 1. The van der Waals surface area contributed by atoms with Gasteiger partial charge in [0.2, 0.25) is 0 Å². The molecule has 0 aliphatic carbocycles. The van der Waals surface area contributed by atoms with Crippen LogP contribution in [0.25, 0.3) is 0 Å². The number of carbonyl (C=O) groups excluding carboxylic acids is 1. The van der Waals surface area contributed by atoms with Crippen LogP contribution < -0.4 is 9.26 Å². The quantitative estimate of drug-likeness (QED) is 0.161. The van der Waals surface area contributed by atoms with E-state index < -0.39 is 33.4 Å². The average molecular weight is 676 g/mol. The van der Waals surface area contributed by atoms with E-state index in [1.807, 2.05) is 24.3 Å². The van der Waals surface area contributed by atoms with E-state index in [4.69, 9.17) is 27.4 Å². The molecular formula is C35H49O9P2+. The van der Waals surface area contributed by atoms with Gasteiger partial charge in [-0.25, -0.2) is 4.57 Å². The molecule has 3 aliphatic heterocycles. The number of rotatable bonds is 7. The third-order valence-electron chi connectivity index (χ3n) is 8.82. The second kappa shape index (κ2) is 12.1. The molecule has 2 aromatic rings. The third kappa shape index (κ3) is 7.77. The van der Waals surface area contributed by atoms with Gasteiger partial charge in [0, 0.05) is 15.7 Å². The van der Waals surface area contributed by atoms with Crippen LogP contribution in [-0.2, 0) is 42.8 Å². The van der Waals surface area contributed by atoms with Gasteiger partial charge >= 0.3 is 22.0 Å². The van der Waals surface area contributed by atoms with Crippen molar-refractivity contribution in [2.24, 2.45) is 16.2 Å². The molecule has 0 bridgehead atoms. The Kier molecular flexibility index (Phi) is 9.25. The van der Waals surface area contributed by atoms with E-state index in [-0.39, 0.29) is 53.8 Å². The van der Waals surface area contributed by atoms with Crippen LogP contribution in [0.3, 0.4) is 0 Å². The van der Waals surface area contributed by atoms with E-state index >= 15 is 0 Å². The maximum Gasteiger partial charge on any atom is 0.697 e. The minimum absolute atomic E-state index is 0.0278. The SMILES string of the molecule is CC(C)(C)CC(C)(C)c1ccc2c(c1)C(c1cc(C(C)(C)CC(C)(C)C)ccc1OP1(=O)OCC3(CO[P+](=O)OC3)CO1)C(=O)O2. The van der Waals surface area contributed by atoms with Gasteiger partial charge in [0.15, 0.2) is 0 Å². The van der Waals surface area contributed by atoms with Crippen LogP contribution in [0.15, 0.2) is 36.4 Å². The van der Waals surface area contributed by atoms with Gasteiger partial charge in [0.1, 0.15) is 30.6 Å². The molecule has 0 aromatic heterocycles. The number of phosphoric acid groups is 1. The van der Waals surface area contributed by atoms with Gasteiger partial charge in [-0.1, -0.05) is 93.5 Å². The Balaban J connectivity index is 1.54. The number of hydrogen-bond acceptors (Lipinski definition) is 9. The van der Waals surface area contributed by atoms with Gasteiger partial charge < -0.3 is 9.26 Å². The maximum absolute atomic E-state index is 13.9. The summed E-state index contributed by atoms with van der Waals surface area (Å²) in [6, 6.07) is 11.7. The number of esters is 1. The maximum atomic E-state index is 13.9. The molecule has 2 saturated heterocycles. The zero-order chi connectivity index (χ0) is 33.9. The summed E-state index contributed by atoms with van der Waals surface area (Å²) in [4.78, 5) is 13.7. The normalized spacial score (nSPS) is 26.6. The lowest BCUT2D eigenvalue weighted by molar-refractivity contribution is -0.133. The molecule has 1 unspecified atom stereocenters. The smallest absolute Gasteiger partial charge is 0.425 e. The first-order chi connectivity index (χ1) is 21.1. The number of ether oxygens (including phenoxy) is 1. The lowest BCUT2D eigenvalue weighted by atomic mass is 9.71. The summed E-state index contributed by atoms with van der Waals surface area (Å²) in [5.41, 5.74) is 2.40. The predicted molar refractivity (Wildman–Crippen MR) is 177 cm³/mol. The fourth-order valence-corrected chi connectivity index (χ4v) is 9.60. The molecule has 11 heteroatoms. The van der Waals surface area contributed by atoms with Crippen molar-refractivity contribution < 1.29 is 41.3 Å². The Morgan fingerprint density at radius 1 is 0.783 bits per heavy atom. The molecular weight excluding hydrogens is 626 g/mol.